The minimum atomic E-state index is 0.422. The average molecular weight is 196 g/mol. The van der Waals surface area contributed by atoms with Gasteiger partial charge in [-0.25, -0.2) is 0 Å². The quantitative estimate of drug-likeness (QED) is 0.401. The molecule has 0 aliphatic carbocycles. The van der Waals surface area contributed by atoms with Gasteiger partial charge in [0.05, 0.1) is 0 Å². The summed E-state index contributed by atoms with van der Waals surface area (Å²) in [4.78, 5) is 2.00. The molecule has 0 aliphatic rings. The van der Waals surface area contributed by atoms with Gasteiger partial charge in [-0.05, 0) is 0 Å². The minimum absolute atomic E-state index is 0.422. The molecule has 0 aromatic rings. The van der Waals surface area contributed by atoms with E-state index in [9.17, 15) is 0 Å². The van der Waals surface area contributed by atoms with Crippen molar-refractivity contribution in [2.24, 2.45) is 0 Å². The van der Waals surface area contributed by atoms with E-state index in [-0.39, 0.29) is 0 Å². The van der Waals surface area contributed by atoms with Crippen LogP contribution >= 0.6 is 8.58 Å². The molecule has 0 saturated heterocycles. The molecular formula is H4ClInN3+. The summed E-state index contributed by atoms with van der Waals surface area (Å²) in [5.41, 5.74) is 11.0. The molecule has 0 spiro atoms. The van der Waals surface area contributed by atoms with Gasteiger partial charge in [0.1, 0.15) is 11.1 Å². The van der Waals surface area contributed by atoms with Crippen LogP contribution in [0.2, 0.25) is 0 Å². The SMILES string of the molecule is N=[N+]=N.[Cl][InH2]. The van der Waals surface area contributed by atoms with E-state index in [0.717, 1.165) is 0 Å². The van der Waals surface area contributed by atoms with Crippen LogP contribution in [-0.2, 0) is 0 Å². The topological polar surface area (TPSA) is 61.8 Å². The molecule has 0 aromatic carbocycles. The van der Waals surface area contributed by atoms with Gasteiger partial charge in [0, 0.05) is 0 Å². The fourth-order valence-electron chi connectivity index (χ4n) is 0. The number of hydrogen-bond donors (Lipinski definition) is 2. The fourth-order valence-corrected chi connectivity index (χ4v) is 0. The van der Waals surface area contributed by atoms with Crippen molar-refractivity contribution < 1.29 is 0 Å². The van der Waals surface area contributed by atoms with Gasteiger partial charge in [0.25, 0.3) is 0 Å². The van der Waals surface area contributed by atoms with Gasteiger partial charge in [-0.2, -0.15) is 0 Å². The van der Waals surface area contributed by atoms with Crippen LogP contribution in [0.25, 0.3) is 0 Å². The summed E-state index contributed by atoms with van der Waals surface area (Å²) >= 11 is 0.422. The Balaban J connectivity index is 0. The standard InChI is InChI=1S/ClH.In.H2N3.2H/c;;1-3-2;;/h1H;;1-2H;;/q;2*+1;;/p-1. The summed E-state index contributed by atoms with van der Waals surface area (Å²) in [5.74, 6) is 0. The van der Waals surface area contributed by atoms with Gasteiger partial charge in [0.15, 0.2) is 0 Å². The molecule has 5 heteroatoms. The van der Waals surface area contributed by atoms with Gasteiger partial charge in [0.2, 0.25) is 4.91 Å². The van der Waals surface area contributed by atoms with E-state index in [0.29, 0.717) is 23.2 Å². The molecular weight excluding hydrogens is 192 g/mol. The van der Waals surface area contributed by atoms with Crippen molar-refractivity contribution in [3.05, 3.63) is 0 Å². The maximum atomic E-state index is 5.50. The van der Waals surface area contributed by atoms with E-state index in [1.807, 2.05) is 4.91 Å². The van der Waals surface area contributed by atoms with Gasteiger partial charge < -0.3 is 0 Å². The third-order valence-electron chi connectivity index (χ3n) is 0. The van der Waals surface area contributed by atoms with Crippen molar-refractivity contribution in [2.75, 3.05) is 0 Å². The van der Waals surface area contributed by atoms with E-state index in [2.05, 4.69) is 0 Å². The third-order valence-corrected chi connectivity index (χ3v) is 0. The Kier molecular flexibility index (Phi) is 45.2. The number of rotatable bonds is 0. The first-order valence-electron chi connectivity index (χ1n) is 0.825. The zero-order chi connectivity index (χ0) is 4.71. The van der Waals surface area contributed by atoms with Crippen LogP contribution in [0.15, 0.2) is 0 Å². The van der Waals surface area contributed by atoms with Crippen molar-refractivity contribution in [3.63, 3.8) is 0 Å². The second-order valence-electron chi connectivity index (χ2n) is 0.112. The molecule has 28 valence electrons. The molecule has 0 atom stereocenters. The number of halogens is 1. The Morgan fingerprint density at radius 3 is 1.40 bits per heavy atom. The second-order valence-corrected chi connectivity index (χ2v) is 0.112. The second kappa shape index (κ2) is 24.9. The molecule has 2 N–H and O–H groups in total. The van der Waals surface area contributed by atoms with Crippen molar-refractivity contribution in [1.29, 1.82) is 11.1 Å². The van der Waals surface area contributed by atoms with E-state index in [1.165, 1.54) is 0 Å². The third kappa shape index (κ3) is 123. The molecule has 0 aromatic heterocycles. The monoisotopic (exact) mass is 196 g/mol. The van der Waals surface area contributed by atoms with Crippen molar-refractivity contribution in [1.82, 2.24) is 4.91 Å². The molecule has 0 amide bonds. The van der Waals surface area contributed by atoms with Gasteiger partial charge in [-0.3, -0.25) is 0 Å². The van der Waals surface area contributed by atoms with Crippen molar-refractivity contribution in [2.45, 2.75) is 0 Å². The number of nitrogens with one attached hydrogen (secondary N) is 2. The first-order chi connectivity index (χ1) is 2.41. The van der Waals surface area contributed by atoms with E-state index in [4.69, 9.17) is 19.6 Å². The predicted octanol–water partition coefficient (Wildman–Crippen LogP) is -0.111. The molecule has 0 rings (SSSR count). The summed E-state index contributed by atoms with van der Waals surface area (Å²) in [5, 5.41) is 0. The summed E-state index contributed by atoms with van der Waals surface area (Å²) < 4.78 is 0. The van der Waals surface area contributed by atoms with E-state index in [1.54, 1.807) is 0 Å². The van der Waals surface area contributed by atoms with Crippen molar-refractivity contribution >= 4 is 31.8 Å². The van der Waals surface area contributed by atoms with Gasteiger partial charge in [-0.15, -0.1) is 0 Å². The number of hydrogen-bond acceptors (Lipinski definition) is 2. The Hall–Kier alpha value is 0.470. The van der Waals surface area contributed by atoms with Gasteiger partial charge >= 0.3 is 31.8 Å². The van der Waals surface area contributed by atoms with E-state index >= 15 is 0 Å². The molecule has 0 fully saturated rings. The Bertz CT molecular complexity index is 27.9. The zero-order valence-corrected chi connectivity index (χ0v) is 9.29. The molecule has 0 radical (unpaired) electrons. The normalized spacial score (nSPS) is 2.60. The molecule has 0 aliphatic heterocycles. The van der Waals surface area contributed by atoms with Crippen molar-refractivity contribution in [3.8, 4) is 0 Å². The van der Waals surface area contributed by atoms with Crippen LogP contribution in [-0.4, -0.2) is 23.2 Å². The van der Waals surface area contributed by atoms with Gasteiger partial charge in [-0.1, -0.05) is 0 Å². The molecule has 3 nitrogen and oxygen atoms in total. The molecule has 0 bridgehead atoms. The summed E-state index contributed by atoms with van der Waals surface area (Å²) in [6, 6.07) is 0. The molecule has 5 heavy (non-hydrogen) atoms. The van der Waals surface area contributed by atoms with Crippen LogP contribution in [0.3, 0.4) is 0 Å². The number of nitrogens with zero attached hydrogens (tertiary/aromatic N) is 1. The first-order valence-corrected chi connectivity index (χ1v) is 8.05. The molecule has 0 saturated carbocycles. The molecule has 0 unspecified atom stereocenters. The first kappa shape index (κ1) is 9.08. The predicted molar refractivity (Wildman–Crippen MR) is 22.0 cm³/mol. The maximum absolute atomic E-state index is 5.50. The molecule has 0 heterocycles. The summed E-state index contributed by atoms with van der Waals surface area (Å²) in [6.07, 6.45) is 0. The van der Waals surface area contributed by atoms with Crippen LogP contribution in [0, 0.1) is 11.1 Å². The Morgan fingerprint density at radius 2 is 1.40 bits per heavy atom. The fraction of sp³-hybridized carbons (Fsp3) is 0. The Morgan fingerprint density at radius 1 is 1.40 bits per heavy atom. The Labute approximate surface area is 47.9 Å². The average Bonchev–Trinajstić information content (AvgIpc) is 1.46. The zero-order valence-electron chi connectivity index (χ0n) is 2.83. The summed E-state index contributed by atoms with van der Waals surface area (Å²) in [7, 11) is 4.85. The van der Waals surface area contributed by atoms with Crippen LogP contribution in [0.1, 0.15) is 0 Å². The summed E-state index contributed by atoms with van der Waals surface area (Å²) in [6.45, 7) is 0. The van der Waals surface area contributed by atoms with Crippen LogP contribution in [0.5, 0.6) is 0 Å². The van der Waals surface area contributed by atoms with Crippen LogP contribution in [0.4, 0.5) is 0 Å². The van der Waals surface area contributed by atoms with Crippen LogP contribution < -0.4 is 4.91 Å². The van der Waals surface area contributed by atoms with E-state index < -0.39 is 0 Å².